The average molecular weight is 407 g/mol. The van der Waals surface area contributed by atoms with Crippen LogP contribution < -0.4 is 0 Å². The maximum atomic E-state index is 15.0. The van der Waals surface area contributed by atoms with Gasteiger partial charge in [0.15, 0.2) is 0 Å². The highest BCUT2D eigenvalue weighted by Crippen LogP contribution is 2.44. The van der Waals surface area contributed by atoms with Crippen molar-refractivity contribution in [3.05, 3.63) is 59.9 Å². The summed E-state index contributed by atoms with van der Waals surface area (Å²) in [4.78, 5) is 0. The molecule has 2 aromatic rings. The van der Waals surface area contributed by atoms with Crippen LogP contribution in [0.1, 0.15) is 94.6 Å². The summed E-state index contributed by atoms with van der Waals surface area (Å²) in [6.07, 6.45) is 17.3. The largest absolute Gasteiger partial charge is 0.206 e. The second kappa shape index (κ2) is 10.1. The Morgan fingerprint density at radius 1 is 0.900 bits per heavy atom. The number of hydrogen-bond donors (Lipinski definition) is 0. The molecule has 0 aromatic heterocycles. The summed E-state index contributed by atoms with van der Waals surface area (Å²) in [5.74, 6) is 3.30. The van der Waals surface area contributed by atoms with E-state index >= 15 is 0 Å². The van der Waals surface area contributed by atoms with Gasteiger partial charge in [0.05, 0.1) is 0 Å². The molecular weight excluding hydrogens is 367 g/mol. The highest BCUT2D eigenvalue weighted by atomic mass is 19.1. The lowest BCUT2D eigenvalue weighted by molar-refractivity contribution is 0.171. The van der Waals surface area contributed by atoms with Gasteiger partial charge < -0.3 is 0 Å². The lowest BCUT2D eigenvalue weighted by Gasteiger charge is -2.37. The Hall–Kier alpha value is -1.63. The van der Waals surface area contributed by atoms with Crippen LogP contribution in [0.4, 0.5) is 4.39 Å². The van der Waals surface area contributed by atoms with Gasteiger partial charge in [0, 0.05) is 5.39 Å². The Morgan fingerprint density at radius 3 is 2.27 bits per heavy atom. The third kappa shape index (κ3) is 4.82. The smallest absolute Gasteiger partial charge is 0.134 e. The molecule has 2 saturated carbocycles. The van der Waals surface area contributed by atoms with E-state index in [4.69, 9.17) is 0 Å². The molecule has 2 fully saturated rings. The fraction of sp³-hybridized carbons (Fsp3) is 0.586. The molecule has 0 amide bonds. The number of unbranched alkanes of at least 4 members (excludes halogenated alkanes) is 2. The van der Waals surface area contributed by atoms with Gasteiger partial charge >= 0.3 is 0 Å². The summed E-state index contributed by atoms with van der Waals surface area (Å²) >= 11 is 0. The van der Waals surface area contributed by atoms with Crippen molar-refractivity contribution < 1.29 is 4.39 Å². The molecule has 2 aromatic carbocycles. The number of benzene rings is 2. The topological polar surface area (TPSA) is 0 Å². The first-order valence-electron chi connectivity index (χ1n) is 12.5. The third-order valence-electron chi connectivity index (χ3n) is 8.17. The Bertz CT molecular complexity index is 835. The van der Waals surface area contributed by atoms with Crippen molar-refractivity contribution in [1.29, 1.82) is 0 Å². The van der Waals surface area contributed by atoms with E-state index in [0.717, 1.165) is 46.9 Å². The third-order valence-corrected chi connectivity index (χ3v) is 8.17. The van der Waals surface area contributed by atoms with Crippen LogP contribution in [-0.4, -0.2) is 0 Å². The van der Waals surface area contributed by atoms with Gasteiger partial charge in [0.1, 0.15) is 5.82 Å². The van der Waals surface area contributed by atoms with E-state index in [2.05, 4.69) is 37.8 Å². The molecule has 162 valence electrons. The van der Waals surface area contributed by atoms with Gasteiger partial charge in [-0.3, -0.25) is 0 Å². The Labute approximate surface area is 183 Å². The van der Waals surface area contributed by atoms with E-state index in [-0.39, 0.29) is 5.82 Å². The summed E-state index contributed by atoms with van der Waals surface area (Å²) in [6.45, 7) is 6.18. The predicted octanol–water partition coefficient (Wildman–Crippen LogP) is 8.98. The van der Waals surface area contributed by atoms with Gasteiger partial charge in [-0.1, -0.05) is 56.2 Å². The lowest BCUT2D eigenvalue weighted by Crippen LogP contribution is -2.25. The van der Waals surface area contributed by atoms with E-state index in [9.17, 15) is 4.39 Å². The molecule has 2 aliphatic carbocycles. The molecule has 1 heteroatoms. The fourth-order valence-corrected chi connectivity index (χ4v) is 6.14. The molecule has 0 atom stereocenters. The molecule has 2 aliphatic rings. The molecule has 0 bridgehead atoms. The van der Waals surface area contributed by atoms with Crippen LogP contribution in [0, 0.1) is 23.6 Å². The zero-order chi connectivity index (χ0) is 20.9. The second-order valence-electron chi connectivity index (χ2n) is 10.00. The predicted molar refractivity (Wildman–Crippen MR) is 127 cm³/mol. The lowest BCUT2D eigenvalue weighted by atomic mass is 9.68. The van der Waals surface area contributed by atoms with E-state index in [1.807, 2.05) is 12.1 Å². The maximum absolute atomic E-state index is 15.0. The zero-order valence-electron chi connectivity index (χ0n) is 18.8. The quantitative estimate of drug-likeness (QED) is 0.318. The minimum absolute atomic E-state index is 0.00832. The normalized spacial score (nSPS) is 27.3. The first-order chi connectivity index (χ1) is 14.7. The Morgan fingerprint density at radius 2 is 1.60 bits per heavy atom. The van der Waals surface area contributed by atoms with Crippen molar-refractivity contribution in [2.45, 2.75) is 89.9 Å². The summed E-state index contributed by atoms with van der Waals surface area (Å²) < 4.78 is 15.0. The Kier molecular flexibility index (Phi) is 7.28. The summed E-state index contributed by atoms with van der Waals surface area (Å²) in [5, 5.41) is 1.88. The number of fused-ring (bicyclic) bond motifs is 1. The average Bonchev–Trinajstić information content (AvgIpc) is 2.81. The number of halogens is 1. The highest BCUT2D eigenvalue weighted by molar-refractivity contribution is 5.84. The standard InChI is InChI=1S/C29H39F/c1-3-5-6-7-25-16-17-27-20-26(18-19-28(27)29(25)30)24-14-12-23(13-15-24)22-10-8-21(4-2)9-11-22/h4,16-24H,2-3,5-15H2,1H3. The van der Waals surface area contributed by atoms with E-state index in [1.54, 1.807) is 0 Å². The second-order valence-corrected chi connectivity index (χ2v) is 10.00. The van der Waals surface area contributed by atoms with Gasteiger partial charge in [-0.2, -0.15) is 0 Å². The van der Waals surface area contributed by atoms with Crippen molar-refractivity contribution >= 4 is 10.8 Å². The molecular formula is C29H39F. The molecule has 0 N–H and O–H groups in total. The number of hydrogen-bond acceptors (Lipinski definition) is 0. The zero-order valence-corrected chi connectivity index (χ0v) is 18.8. The summed E-state index contributed by atoms with van der Waals surface area (Å²) in [5.41, 5.74) is 2.31. The minimum Gasteiger partial charge on any atom is -0.206 e. The van der Waals surface area contributed by atoms with Crippen molar-refractivity contribution in [3.8, 4) is 0 Å². The number of rotatable bonds is 7. The molecule has 0 unspecified atom stereocenters. The van der Waals surface area contributed by atoms with Crippen LogP contribution in [0.25, 0.3) is 10.8 Å². The first-order valence-corrected chi connectivity index (χ1v) is 12.5. The van der Waals surface area contributed by atoms with Crippen molar-refractivity contribution in [3.63, 3.8) is 0 Å². The molecule has 0 heterocycles. The first kappa shape index (κ1) is 21.6. The van der Waals surface area contributed by atoms with Crippen LogP contribution in [0.3, 0.4) is 0 Å². The summed E-state index contributed by atoms with van der Waals surface area (Å²) in [6, 6.07) is 10.7. The van der Waals surface area contributed by atoms with Crippen molar-refractivity contribution in [1.82, 2.24) is 0 Å². The van der Waals surface area contributed by atoms with Crippen LogP contribution >= 0.6 is 0 Å². The molecule has 30 heavy (non-hydrogen) atoms. The van der Waals surface area contributed by atoms with Gasteiger partial charge in [0.2, 0.25) is 0 Å². The number of allylic oxidation sites excluding steroid dienone is 1. The van der Waals surface area contributed by atoms with E-state index < -0.39 is 0 Å². The van der Waals surface area contributed by atoms with Gasteiger partial charge in [-0.15, -0.1) is 6.58 Å². The van der Waals surface area contributed by atoms with Crippen LogP contribution in [-0.2, 0) is 6.42 Å². The SMILES string of the molecule is C=CC1CCC(C2CCC(c3ccc4c(F)c(CCCCC)ccc4c3)CC2)CC1. The number of aryl methyl sites for hydroxylation is 1. The van der Waals surface area contributed by atoms with Gasteiger partial charge in [-0.25, -0.2) is 4.39 Å². The molecule has 4 rings (SSSR count). The van der Waals surface area contributed by atoms with Crippen LogP contribution in [0.15, 0.2) is 43.0 Å². The van der Waals surface area contributed by atoms with Crippen molar-refractivity contribution in [2.75, 3.05) is 0 Å². The van der Waals surface area contributed by atoms with Crippen molar-refractivity contribution in [2.24, 2.45) is 17.8 Å². The molecule has 0 spiro atoms. The molecule has 0 saturated heterocycles. The van der Waals surface area contributed by atoms with E-state index in [0.29, 0.717) is 5.92 Å². The van der Waals surface area contributed by atoms with E-state index in [1.165, 1.54) is 69.8 Å². The molecule has 0 radical (unpaired) electrons. The Balaban J connectivity index is 1.38. The molecule has 0 aliphatic heterocycles. The minimum atomic E-state index is 0.00832. The monoisotopic (exact) mass is 406 g/mol. The van der Waals surface area contributed by atoms with Gasteiger partial charge in [0.25, 0.3) is 0 Å². The van der Waals surface area contributed by atoms with Gasteiger partial charge in [-0.05, 0) is 104 Å². The summed E-state index contributed by atoms with van der Waals surface area (Å²) in [7, 11) is 0. The highest BCUT2D eigenvalue weighted by Gasteiger charge is 2.30. The van der Waals surface area contributed by atoms with Crippen LogP contribution in [0.2, 0.25) is 0 Å². The fourth-order valence-electron chi connectivity index (χ4n) is 6.14. The maximum Gasteiger partial charge on any atom is 0.134 e. The molecule has 0 nitrogen and oxygen atoms in total. The van der Waals surface area contributed by atoms with Crippen LogP contribution in [0.5, 0.6) is 0 Å².